The van der Waals surface area contributed by atoms with E-state index in [9.17, 15) is 14.4 Å². The first-order valence-corrected chi connectivity index (χ1v) is 10.0. The number of rotatable bonds is 3. The highest BCUT2D eigenvalue weighted by molar-refractivity contribution is 6.01. The van der Waals surface area contributed by atoms with Crippen molar-refractivity contribution in [1.82, 2.24) is 9.80 Å². The highest BCUT2D eigenvalue weighted by Crippen LogP contribution is 2.44. The lowest BCUT2D eigenvalue weighted by molar-refractivity contribution is -0.136. The van der Waals surface area contributed by atoms with Crippen molar-refractivity contribution >= 4 is 23.4 Å². The summed E-state index contributed by atoms with van der Waals surface area (Å²) in [5, 5.41) is 0. The number of urea groups is 1. The summed E-state index contributed by atoms with van der Waals surface area (Å²) >= 11 is 0. The quantitative estimate of drug-likeness (QED) is 0.594. The first kappa shape index (κ1) is 18.7. The van der Waals surface area contributed by atoms with E-state index in [0.29, 0.717) is 17.6 Å². The molecule has 1 aromatic rings. The zero-order valence-corrected chi connectivity index (χ0v) is 16.4. The summed E-state index contributed by atoms with van der Waals surface area (Å²) in [7, 11) is 1.39. The van der Waals surface area contributed by atoms with E-state index in [1.54, 1.807) is 12.1 Å². The fraction of sp³-hybridized carbons (Fsp3) is 0.500. The van der Waals surface area contributed by atoms with Crippen molar-refractivity contribution < 1.29 is 19.1 Å². The van der Waals surface area contributed by atoms with Crippen molar-refractivity contribution in [3.05, 3.63) is 41.0 Å². The Balaban J connectivity index is 1.72. The molecule has 3 aliphatic heterocycles. The van der Waals surface area contributed by atoms with E-state index in [4.69, 9.17) is 4.74 Å². The Morgan fingerprint density at radius 2 is 1.71 bits per heavy atom. The Kier molecular flexibility index (Phi) is 4.96. The minimum atomic E-state index is -0.366. The van der Waals surface area contributed by atoms with Crippen LogP contribution in [0.4, 0.5) is 4.79 Å². The Morgan fingerprint density at radius 1 is 1.04 bits per heavy atom. The van der Waals surface area contributed by atoms with Crippen LogP contribution in [-0.2, 0) is 9.53 Å². The van der Waals surface area contributed by atoms with Gasteiger partial charge in [0.15, 0.2) is 5.78 Å². The predicted molar refractivity (Wildman–Crippen MR) is 105 cm³/mol. The SMILES string of the molecule is COC(=O)C1=C(c2ccc(C(C)=O)cc2)C[C@@H]2CC[C@H]1N2C(=O)N1CCCC1. The first-order chi connectivity index (χ1) is 13.5. The van der Waals surface area contributed by atoms with Crippen molar-refractivity contribution in [2.45, 2.75) is 51.1 Å². The van der Waals surface area contributed by atoms with Gasteiger partial charge in [-0.15, -0.1) is 0 Å². The third-order valence-corrected chi connectivity index (χ3v) is 6.24. The van der Waals surface area contributed by atoms with E-state index < -0.39 is 0 Å². The topological polar surface area (TPSA) is 66.9 Å². The van der Waals surface area contributed by atoms with Crippen molar-refractivity contribution in [2.24, 2.45) is 0 Å². The number of amides is 2. The molecule has 0 aliphatic carbocycles. The van der Waals surface area contributed by atoms with Crippen LogP contribution in [0.1, 0.15) is 54.9 Å². The van der Waals surface area contributed by atoms with Crippen LogP contribution in [0.2, 0.25) is 0 Å². The van der Waals surface area contributed by atoms with Crippen LogP contribution >= 0.6 is 0 Å². The Bertz CT molecular complexity index is 837. The number of nitrogens with zero attached hydrogens (tertiary/aromatic N) is 2. The Morgan fingerprint density at radius 3 is 2.32 bits per heavy atom. The van der Waals surface area contributed by atoms with Crippen molar-refractivity contribution in [1.29, 1.82) is 0 Å². The molecule has 2 bridgehead atoms. The highest BCUT2D eigenvalue weighted by Gasteiger charge is 2.47. The molecule has 0 N–H and O–H groups in total. The minimum absolute atomic E-state index is 0.0137. The van der Waals surface area contributed by atoms with E-state index in [2.05, 4.69) is 0 Å². The van der Waals surface area contributed by atoms with Gasteiger partial charge < -0.3 is 14.5 Å². The third-order valence-electron chi connectivity index (χ3n) is 6.24. The molecule has 28 heavy (non-hydrogen) atoms. The summed E-state index contributed by atoms with van der Waals surface area (Å²) in [6.07, 6.45) is 4.40. The number of hydrogen-bond acceptors (Lipinski definition) is 4. The summed E-state index contributed by atoms with van der Waals surface area (Å²) < 4.78 is 5.11. The van der Waals surface area contributed by atoms with Crippen LogP contribution in [-0.4, -0.2) is 59.9 Å². The second kappa shape index (κ2) is 7.41. The predicted octanol–water partition coefficient (Wildman–Crippen LogP) is 3.27. The number of fused-ring (bicyclic) bond motifs is 2. The molecule has 6 nitrogen and oxygen atoms in total. The van der Waals surface area contributed by atoms with Crippen LogP contribution in [0, 0.1) is 0 Å². The van der Waals surface area contributed by atoms with E-state index in [0.717, 1.165) is 49.9 Å². The summed E-state index contributed by atoms with van der Waals surface area (Å²) in [6, 6.07) is 7.30. The van der Waals surface area contributed by atoms with Gasteiger partial charge >= 0.3 is 12.0 Å². The molecule has 0 spiro atoms. The van der Waals surface area contributed by atoms with Gasteiger partial charge in [-0.05, 0) is 50.2 Å². The molecule has 0 unspecified atom stereocenters. The third kappa shape index (κ3) is 3.11. The molecule has 0 radical (unpaired) electrons. The van der Waals surface area contributed by atoms with Crippen molar-refractivity contribution in [2.75, 3.05) is 20.2 Å². The van der Waals surface area contributed by atoms with E-state index in [1.807, 2.05) is 21.9 Å². The van der Waals surface area contributed by atoms with E-state index in [1.165, 1.54) is 14.0 Å². The second-order valence-corrected chi connectivity index (χ2v) is 7.85. The van der Waals surface area contributed by atoms with Crippen LogP contribution in [0.15, 0.2) is 29.8 Å². The minimum Gasteiger partial charge on any atom is -0.466 e. The molecular weight excluding hydrogens is 356 g/mol. The molecule has 2 fully saturated rings. The molecule has 0 aromatic heterocycles. The molecule has 3 heterocycles. The molecule has 148 valence electrons. The van der Waals surface area contributed by atoms with Gasteiger partial charge in [0.05, 0.1) is 18.7 Å². The van der Waals surface area contributed by atoms with Gasteiger partial charge in [-0.3, -0.25) is 4.79 Å². The molecular formula is C22H26N2O4. The van der Waals surface area contributed by atoms with Gasteiger partial charge in [0.2, 0.25) is 0 Å². The Labute approximate surface area is 165 Å². The first-order valence-electron chi connectivity index (χ1n) is 10.0. The number of ketones is 1. The number of likely N-dealkylation sites (tertiary alicyclic amines) is 1. The number of carbonyl (C=O) groups excluding carboxylic acids is 3. The van der Waals surface area contributed by atoms with Gasteiger partial charge in [-0.25, -0.2) is 9.59 Å². The van der Waals surface area contributed by atoms with E-state index in [-0.39, 0.29) is 29.9 Å². The number of hydrogen-bond donors (Lipinski definition) is 0. The summed E-state index contributed by atoms with van der Waals surface area (Å²) in [4.78, 5) is 41.2. The molecule has 1 aromatic carbocycles. The lowest BCUT2D eigenvalue weighted by Crippen LogP contribution is -2.51. The number of benzene rings is 1. The number of carbonyl (C=O) groups is 3. The van der Waals surface area contributed by atoms with Crippen LogP contribution < -0.4 is 0 Å². The standard InChI is InChI=1S/C22H26N2O4/c1-14(25)15-5-7-16(8-6-15)18-13-17-9-10-19(20(18)21(26)28-2)24(17)22(27)23-11-3-4-12-23/h5-8,17,19H,3-4,9-13H2,1-2H3/t17-,19+/m0/s1. The van der Waals surface area contributed by atoms with E-state index >= 15 is 0 Å². The number of Topliss-reactive ketones (excluding diaryl/α,β-unsaturated/α-hetero) is 1. The Hall–Kier alpha value is -2.63. The zero-order chi connectivity index (χ0) is 19.8. The smallest absolute Gasteiger partial charge is 0.336 e. The fourth-order valence-corrected chi connectivity index (χ4v) is 4.82. The van der Waals surface area contributed by atoms with Crippen LogP contribution in [0.25, 0.3) is 5.57 Å². The molecule has 2 saturated heterocycles. The normalized spacial score (nSPS) is 23.9. The van der Waals surface area contributed by atoms with Crippen molar-refractivity contribution in [3.63, 3.8) is 0 Å². The monoisotopic (exact) mass is 382 g/mol. The van der Waals surface area contributed by atoms with Gasteiger partial charge in [0.1, 0.15) is 0 Å². The maximum atomic E-state index is 13.1. The molecule has 2 atom stereocenters. The molecule has 0 saturated carbocycles. The summed E-state index contributed by atoms with van der Waals surface area (Å²) in [5.41, 5.74) is 3.11. The maximum absolute atomic E-state index is 13.1. The molecule has 4 rings (SSSR count). The maximum Gasteiger partial charge on any atom is 0.336 e. The zero-order valence-electron chi connectivity index (χ0n) is 16.4. The largest absolute Gasteiger partial charge is 0.466 e. The van der Waals surface area contributed by atoms with Gasteiger partial charge in [-0.1, -0.05) is 24.3 Å². The summed E-state index contributed by atoms with van der Waals surface area (Å²) in [5.74, 6) is -0.352. The highest BCUT2D eigenvalue weighted by atomic mass is 16.5. The average Bonchev–Trinajstić information content (AvgIpc) is 3.34. The summed E-state index contributed by atoms with van der Waals surface area (Å²) in [6.45, 7) is 3.13. The number of esters is 1. The number of methoxy groups -OCH3 is 1. The fourth-order valence-electron chi connectivity index (χ4n) is 4.82. The molecule has 3 aliphatic rings. The van der Waals surface area contributed by atoms with Gasteiger partial charge in [0, 0.05) is 24.7 Å². The number of ether oxygens (including phenoxy) is 1. The molecule has 2 amide bonds. The average molecular weight is 382 g/mol. The van der Waals surface area contributed by atoms with Gasteiger partial charge in [-0.2, -0.15) is 0 Å². The molecule has 6 heteroatoms. The lowest BCUT2D eigenvalue weighted by atomic mass is 9.88. The van der Waals surface area contributed by atoms with Crippen molar-refractivity contribution in [3.8, 4) is 0 Å². The second-order valence-electron chi connectivity index (χ2n) is 7.85. The van der Waals surface area contributed by atoms with Gasteiger partial charge in [0.25, 0.3) is 0 Å². The lowest BCUT2D eigenvalue weighted by Gasteiger charge is -2.39. The van der Waals surface area contributed by atoms with Crippen LogP contribution in [0.5, 0.6) is 0 Å². The van der Waals surface area contributed by atoms with Crippen LogP contribution in [0.3, 0.4) is 0 Å².